The van der Waals surface area contributed by atoms with Crippen LogP contribution in [0.4, 0.5) is 13.2 Å². The maximum atomic E-state index is 13.0. The molecule has 0 atom stereocenters. The van der Waals surface area contributed by atoms with Crippen LogP contribution >= 0.6 is 11.8 Å². The molecule has 28 heavy (non-hydrogen) atoms. The maximum Gasteiger partial charge on any atom is 0.460 e. The Morgan fingerprint density at radius 2 is 1.18 bits per heavy atom. The normalized spacial score (nSPS) is 21.6. The Hall–Kier alpha value is -2.53. The minimum Gasteiger partial charge on any atom is -0.277 e. The van der Waals surface area contributed by atoms with Gasteiger partial charge < -0.3 is 0 Å². The van der Waals surface area contributed by atoms with Gasteiger partial charge in [0.15, 0.2) is 0 Å². The zero-order valence-electron chi connectivity index (χ0n) is 14.7. The van der Waals surface area contributed by atoms with Crippen LogP contribution in [0.25, 0.3) is 0 Å². The molecule has 0 radical (unpaired) electrons. The molecule has 0 aliphatic heterocycles. The van der Waals surface area contributed by atoms with E-state index in [4.69, 9.17) is 0 Å². The molecule has 0 amide bonds. The highest BCUT2D eigenvalue weighted by atomic mass is 32.2. The van der Waals surface area contributed by atoms with Crippen LogP contribution in [-0.2, 0) is 10.2 Å². The molecule has 0 saturated heterocycles. The van der Waals surface area contributed by atoms with E-state index < -0.39 is 16.7 Å². The number of alkyl halides is 3. The molecule has 5 heteroatoms. The Kier molecular flexibility index (Phi) is 3.75. The predicted octanol–water partition coefficient (Wildman–Crippen LogP) is 5.65. The van der Waals surface area contributed by atoms with E-state index in [0.717, 1.165) is 33.4 Å². The Morgan fingerprint density at radius 3 is 1.57 bits per heavy atom. The van der Waals surface area contributed by atoms with Gasteiger partial charge in [-0.1, -0.05) is 84.6 Å². The highest BCUT2D eigenvalue weighted by molar-refractivity contribution is 8.13. The van der Waals surface area contributed by atoms with Crippen molar-refractivity contribution in [1.82, 2.24) is 0 Å². The number of carbonyl (C=O) groups is 1. The van der Waals surface area contributed by atoms with Crippen molar-refractivity contribution in [3.05, 3.63) is 106 Å². The molecule has 0 aromatic heterocycles. The van der Waals surface area contributed by atoms with E-state index in [9.17, 15) is 18.0 Å². The second-order valence-electron chi connectivity index (χ2n) is 7.17. The van der Waals surface area contributed by atoms with E-state index in [0.29, 0.717) is 11.8 Å². The van der Waals surface area contributed by atoms with E-state index in [2.05, 4.69) is 18.2 Å². The van der Waals surface area contributed by atoms with Crippen molar-refractivity contribution in [1.29, 1.82) is 0 Å². The Labute approximate surface area is 164 Å². The molecule has 2 bridgehead atoms. The molecule has 3 aromatic carbocycles. The summed E-state index contributed by atoms with van der Waals surface area (Å²) < 4.78 is 38.9. The lowest BCUT2D eigenvalue weighted by Gasteiger charge is -2.50. The second kappa shape index (κ2) is 5.98. The molecule has 0 N–H and O–H groups in total. The van der Waals surface area contributed by atoms with E-state index >= 15 is 0 Å². The number of rotatable bonds is 2. The van der Waals surface area contributed by atoms with Gasteiger partial charge in [-0.05, 0) is 33.4 Å². The molecule has 140 valence electrons. The van der Waals surface area contributed by atoms with Crippen LogP contribution in [0, 0.1) is 0 Å². The van der Waals surface area contributed by atoms with Gasteiger partial charge in [-0.2, -0.15) is 13.2 Å². The van der Waals surface area contributed by atoms with Crippen LogP contribution in [0.15, 0.2) is 72.8 Å². The highest BCUT2D eigenvalue weighted by Gasteiger charge is 2.52. The molecule has 0 unspecified atom stereocenters. The Bertz CT molecular complexity index is 987. The number of carbonyl (C=O) groups excluding carboxylic acids is 1. The summed E-state index contributed by atoms with van der Waals surface area (Å²) in [5.41, 5.74) is 5.56. The first-order valence-corrected chi connectivity index (χ1v) is 9.95. The van der Waals surface area contributed by atoms with Gasteiger partial charge >= 0.3 is 6.18 Å². The fraction of sp³-hybridized carbons (Fsp3) is 0.174. The summed E-state index contributed by atoms with van der Waals surface area (Å²) in [5, 5.41) is -1.75. The number of benzene rings is 3. The SMILES string of the molecule is O=C(SCC12c3ccccc3C(c3ccccc31)c1ccccc12)C(F)(F)F. The van der Waals surface area contributed by atoms with Gasteiger partial charge in [0.2, 0.25) is 0 Å². The molecule has 0 fully saturated rings. The van der Waals surface area contributed by atoms with Crippen molar-refractivity contribution >= 4 is 16.9 Å². The van der Waals surface area contributed by atoms with E-state index in [1.807, 2.05) is 54.6 Å². The summed E-state index contributed by atoms with van der Waals surface area (Å²) in [6.07, 6.45) is -4.84. The van der Waals surface area contributed by atoms with Crippen molar-refractivity contribution < 1.29 is 18.0 Å². The third kappa shape index (κ3) is 2.26. The molecule has 1 nitrogen and oxygen atoms in total. The van der Waals surface area contributed by atoms with Crippen molar-refractivity contribution in [3.8, 4) is 0 Å². The fourth-order valence-electron chi connectivity index (χ4n) is 4.84. The largest absolute Gasteiger partial charge is 0.460 e. The van der Waals surface area contributed by atoms with Gasteiger partial charge in [-0.3, -0.25) is 4.79 Å². The van der Waals surface area contributed by atoms with E-state index in [-0.39, 0.29) is 11.7 Å². The van der Waals surface area contributed by atoms with Crippen molar-refractivity contribution in [2.45, 2.75) is 17.5 Å². The lowest BCUT2D eigenvalue weighted by molar-refractivity contribution is -0.160. The summed E-state index contributed by atoms with van der Waals surface area (Å²) in [6, 6.07) is 23.8. The average molecular weight is 396 g/mol. The summed E-state index contributed by atoms with van der Waals surface area (Å²) >= 11 is 0.365. The summed E-state index contributed by atoms with van der Waals surface area (Å²) in [5.74, 6) is 0.0807. The third-order valence-electron chi connectivity index (χ3n) is 5.85. The van der Waals surface area contributed by atoms with Gasteiger partial charge in [0, 0.05) is 11.7 Å². The summed E-state index contributed by atoms with van der Waals surface area (Å²) in [7, 11) is 0. The summed E-state index contributed by atoms with van der Waals surface area (Å²) in [6.45, 7) is 0. The highest BCUT2D eigenvalue weighted by Crippen LogP contribution is 2.59. The molecule has 0 heterocycles. The number of hydrogen-bond donors (Lipinski definition) is 0. The Morgan fingerprint density at radius 1 is 0.786 bits per heavy atom. The zero-order chi connectivity index (χ0) is 19.5. The molecular formula is C23H15F3OS. The second-order valence-corrected chi connectivity index (χ2v) is 8.12. The molecule has 3 aliphatic carbocycles. The topological polar surface area (TPSA) is 17.1 Å². The number of halogens is 3. The molecule has 0 saturated carbocycles. The van der Waals surface area contributed by atoms with Gasteiger partial charge in [-0.15, -0.1) is 0 Å². The van der Waals surface area contributed by atoms with Crippen molar-refractivity contribution in [2.75, 3.05) is 5.75 Å². The predicted molar refractivity (Wildman–Crippen MR) is 104 cm³/mol. The van der Waals surface area contributed by atoms with Crippen LogP contribution in [0.1, 0.15) is 39.3 Å². The first-order valence-electron chi connectivity index (χ1n) is 8.97. The van der Waals surface area contributed by atoms with Crippen LogP contribution in [0.2, 0.25) is 0 Å². The van der Waals surface area contributed by atoms with Crippen LogP contribution in [-0.4, -0.2) is 17.0 Å². The fourth-order valence-corrected chi connectivity index (χ4v) is 5.82. The first kappa shape index (κ1) is 17.6. The third-order valence-corrected chi connectivity index (χ3v) is 6.92. The van der Waals surface area contributed by atoms with E-state index in [1.165, 1.54) is 0 Å². The lowest BCUT2D eigenvalue weighted by atomic mass is 9.54. The summed E-state index contributed by atoms with van der Waals surface area (Å²) in [4.78, 5) is 11.8. The zero-order valence-corrected chi connectivity index (χ0v) is 15.5. The van der Waals surface area contributed by atoms with Gasteiger partial charge in [0.25, 0.3) is 5.12 Å². The minimum atomic E-state index is -4.84. The molecule has 3 aromatic rings. The maximum absolute atomic E-state index is 13.0. The van der Waals surface area contributed by atoms with Crippen LogP contribution in [0.3, 0.4) is 0 Å². The first-order chi connectivity index (χ1) is 13.4. The quantitative estimate of drug-likeness (QED) is 0.557. The molecule has 0 spiro atoms. The van der Waals surface area contributed by atoms with Gasteiger partial charge in [0.1, 0.15) is 0 Å². The van der Waals surface area contributed by atoms with Crippen LogP contribution in [0.5, 0.6) is 0 Å². The average Bonchev–Trinajstić information content (AvgIpc) is 2.71. The van der Waals surface area contributed by atoms with E-state index in [1.54, 1.807) is 0 Å². The van der Waals surface area contributed by atoms with Crippen LogP contribution < -0.4 is 0 Å². The number of hydrogen-bond acceptors (Lipinski definition) is 2. The van der Waals surface area contributed by atoms with Crippen molar-refractivity contribution in [2.24, 2.45) is 0 Å². The lowest BCUT2D eigenvalue weighted by Crippen LogP contribution is -2.44. The smallest absolute Gasteiger partial charge is 0.277 e. The molecule has 6 rings (SSSR count). The van der Waals surface area contributed by atoms with Gasteiger partial charge in [0.05, 0.1) is 5.41 Å². The standard InChI is InChI=1S/C23H15F3OS/c24-23(25,26)21(27)28-13-22-17-10-4-1-7-14(17)20(15-8-2-5-11-18(15)22)16-9-3-6-12-19(16)22/h1-12,20H,13H2. The monoisotopic (exact) mass is 396 g/mol. The Balaban J connectivity index is 1.78. The van der Waals surface area contributed by atoms with Gasteiger partial charge in [-0.25, -0.2) is 0 Å². The minimum absolute atomic E-state index is 0.0170. The van der Waals surface area contributed by atoms with Crippen molar-refractivity contribution in [3.63, 3.8) is 0 Å². The molecule has 3 aliphatic rings. The molecular weight excluding hydrogens is 381 g/mol. The number of thioether (sulfide) groups is 1.